The predicted octanol–water partition coefficient (Wildman–Crippen LogP) is 3.36. The van der Waals surface area contributed by atoms with Crippen LogP contribution in [-0.2, 0) is 4.74 Å². The van der Waals surface area contributed by atoms with Crippen molar-refractivity contribution in [3.8, 4) is 0 Å². The molecule has 3 aliphatic rings. The van der Waals surface area contributed by atoms with E-state index in [1.807, 2.05) is 0 Å². The van der Waals surface area contributed by atoms with Crippen LogP contribution < -0.4 is 5.32 Å². The lowest BCUT2D eigenvalue weighted by molar-refractivity contribution is -0.175. The lowest BCUT2D eigenvalue weighted by Gasteiger charge is -2.62. The van der Waals surface area contributed by atoms with Gasteiger partial charge in [-0.15, -0.1) is 0 Å². The van der Waals surface area contributed by atoms with Gasteiger partial charge in [-0.1, -0.05) is 20.3 Å². The zero-order valence-corrected chi connectivity index (χ0v) is 12.2. The quantitative estimate of drug-likeness (QED) is 0.827. The molecule has 0 amide bonds. The van der Waals surface area contributed by atoms with Gasteiger partial charge in [-0.05, 0) is 50.9 Å². The Kier molecular flexibility index (Phi) is 3.44. The minimum atomic E-state index is 0.529. The lowest BCUT2D eigenvalue weighted by Crippen LogP contribution is -2.68. The van der Waals surface area contributed by atoms with Crippen LogP contribution >= 0.6 is 0 Å². The van der Waals surface area contributed by atoms with Crippen molar-refractivity contribution in [2.75, 3.05) is 6.61 Å². The highest BCUT2D eigenvalue weighted by molar-refractivity contribution is 5.13. The Morgan fingerprint density at radius 3 is 2.50 bits per heavy atom. The number of rotatable bonds is 4. The van der Waals surface area contributed by atoms with E-state index in [0.717, 1.165) is 30.5 Å². The maximum absolute atomic E-state index is 5.94. The highest BCUT2D eigenvalue weighted by Crippen LogP contribution is 2.57. The first-order chi connectivity index (χ1) is 8.67. The van der Waals surface area contributed by atoms with Crippen molar-refractivity contribution in [1.82, 2.24) is 5.32 Å². The largest absolute Gasteiger partial charge is 0.378 e. The van der Waals surface area contributed by atoms with E-state index in [1.54, 1.807) is 0 Å². The van der Waals surface area contributed by atoms with Gasteiger partial charge in [-0.2, -0.15) is 0 Å². The first kappa shape index (κ1) is 12.9. The molecular weight excluding hydrogens is 222 g/mol. The average Bonchev–Trinajstić information content (AvgIpc) is 2.57. The van der Waals surface area contributed by atoms with Crippen LogP contribution in [0, 0.1) is 17.3 Å². The Morgan fingerprint density at radius 2 is 2.00 bits per heavy atom. The van der Waals surface area contributed by atoms with Crippen molar-refractivity contribution in [3.63, 3.8) is 0 Å². The van der Waals surface area contributed by atoms with Crippen molar-refractivity contribution < 1.29 is 4.74 Å². The van der Waals surface area contributed by atoms with Gasteiger partial charge in [0.2, 0.25) is 0 Å². The molecule has 0 bridgehead atoms. The summed E-state index contributed by atoms with van der Waals surface area (Å²) in [5.74, 6) is 1.76. The fourth-order valence-electron chi connectivity index (χ4n) is 4.53. The summed E-state index contributed by atoms with van der Waals surface area (Å²) in [7, 11) is 0. The normalized spacial score (nSPS) is 45.8. The summed E-state index contributed by atoms with van der Waals surface area (Å²) in [4.78, 5) is 0. The molecule has 0 heterocycles. The molecule has 18 heavy (non-hydrogen) atoms. The fourth-order valence-corrected chi connectivity index (χ4v) is 4.53. The smallest absolute Gasteiger partial charge is 0.0661 e. The Hall–Kier alpha value is -0.0800. The molecule has 2 heteroatoms. The van der Waals surface area contributed by atoms with Gasteiger partial charge in [0, 0.05) is 24.1 Å². The Morgan fingerprint density at radius 1 is 1.22 bits per heavy atom. The molecule has 3 rings (SSSR count). The summed E-state index contributed by atoms with van der Waals surface area (Å²) < 4.78 is 5.94. The number of ether oxygens (including phenoxy) is 1. The molecule has 0 radical (unpaired) electrons. The monoisotopic (exact) mass is 251 g/mol. The summed E-state index contributed by atoms with van der Waals surface area (Å²) in [6, 6.07) is 1.52. The molecule has 3 fully saturated rings. The second kappa shape index (κ2) is 4.79. The summed E-state index contributed by atoms with van der Waals surface area (Å²) in [5.41, 5.74) is 0.529. The fraction of sp³-hybridized carbons (Fsp3) is 1.00. The summed E-state index contributed by atoms with van der Waals surface area (Å²) >= 11 is 0. The van der Waals surface area contributed by atoms with E-state index in [0.29, 0.717) is 11.5 Å². The van der Waals surface area contributed by atoms with E-state index in [4.69, 9.17) is 4.74 Å². The number of hydrogen-bond acceptors (Lipinski definition) is 2. The number of nitrogens with one attached hydrogen (secondary N) is 1. The Labute approximate surface area is 112 Å². The van der Waals surface area contributed by atoms with Gasteiger partial charge < -0.3 is 10.1 Å². The molecule has 3 saturated carbocycles. The van der Waals surface area contributed by atoms with Gasteiger partial charge >= 0.3 is 0 Å². The first-order valence-electron chi connectivity index (χ1n) is 8.05. The van der Waals surface area contributed by atoms with E-state index >= 15 is 0 Å². The van der Waals surface area contributed by atoms with Crippen LogP contribution in [-0.4, -0.2) is 24.8 Å². The van der Waals surface area contributed by atoms with Gasteiger partial charge in [-0.3, -0.25) is 0 Å². The van der Waals surface area contributed by atoms with Crippen LogP contribution in [0.4, 0.5) is 0 Å². The Bertz CT molecular complexity index is 299. The van der Waals surface area contributed by atoms with Gasteiger partial charge in [0.05, 0.1) is 6.10 Å². The lowest BCUT2D eigenvalue weighted by atomic mass is 9.51. The van der Waals surface area contributed by atoms with Crippen molar-refractivity contribution in [1.29, 1.82) is 0 Å². The molecule has 0 aliphatic heterocycles. The molecule has 0 saturated heterocycles. The van der Waals surface area contributed by atoms with E-state index < -0.39 is 0 Å². The van der Waals surface area contributed by atoms with E-state index in [9.17, 15) is 0 Å². The molecule has 1 spiro atoms. The summed E-state index contributed by atoms with van der Waals surface area (Å²) in [6.07, 6.45) is 8.81. The van der Waals surface area contributed by atoms with Crippen molar-refractivity contribution >= 4 is 0 Å². The molecule has 0 aromatic heterocycles. The average molecular weight is 251 g/mol. The van der Waals surface area contributed by atoms with Crippen molar-refractivity contribution in [3.05, 3.63) is 0 Å². The molecule has 0 aromatic rings. The molecular formula is C16H29NO. The maximum Gasteiger partial charge on any atom is 0.0661 e. The van der Waals surface area contributed by atoms with Crippen LogP contribution in [0.2, 0.25) is 0 Å². The van der Waals surface area contributed by atoms with E-state index in [2.05, 4.69) is 26.1 Å². The Balaban J connectivity index is 1.58. The molecule has 104 valence electrons. The predicted molar refractivity (Wildman–Crippen MR) is 74.6 cm³/mol. The topological polar surface area (TPSA) is 21.3 Å². The van der Waals surface area contributed by atoms with Crippen molar-refractivity contribution in [2.45, 2.75) is 77.5 Å². The van der Waals surface area contributed by atoms with Crippen LogP contribution in [0.1, 0.15) is 59.3 Å². The second-order valence-corrected chi connectivity index (χ2v) is 7.01. The number of hydrogen-bond donors (Lipinski definition) is 1. The minimum Gasteiger partial charge on any atom is -0.378 e. The van der Waals surface area contributed by atoms with Crippen LogP contribution in [0.15, 0.2) is 0 Å². The highest BCUT2D eigenvalue weighted by Gasteiger charge is 2.59. The molecule has 1 N–H and O–H groups in total. The third kappa shape index (κ3) is 1.84. The standard InChI is InChI=1S/C16H29NO/c1-4-18-15-10-14(16(15)8-5-9-16)17-13-7-6-11(2)12(13)3/h11-15,17H,4-10H2,1-3H3. The van der Waals surface area contributed by atoms with E-state index in [-0.39, 0.29) is 0 Å². The highest BCUT2D eigenvalue weighted by atomic mass is 16.5. The van der Waals surface area contributed by atoms with E-state index in [1.165, 1.54) is 38.5 Å². The molecule has 2 nitrogen and oxygen atoms in total. The minimum absolute atomic E-state index is 0.529. The third-order valence-electron chi connectivity index (χ3n) is 6.32. The summed E-state index contributed by atoms with van der Waals surface area (Å²) in [6.45, 7) is 7.86. The molecule has 5 atom stereocenters. The third-order valence-corrected chi connectivity index (χ3v) is 6.32. The van der Waals surface area contributed by atoms with Crippen molar-refractivity contribution in [2.24, 2.45) is 17.3 Å². The first-order valence-corrected chi connectivity index (χ1v) is 8.05. The zero-order chi connectivity index (χ0) is 12.8. The second-order valence-electron chi connectivity index (χ2n) is 7.01. The molecule has 0 aromatic carbocycles. The molecule has 3 aliphatic carbocycles. The van der Waals surface area contributed by atoms with Gasteiger partial charge in [0.25, 0.3) is 0 Å². The SMILES string of the molecule is CCOC1CC(NC2CCC(C)C2C)C12CCC2. The molecule has 5 unspecified atom stereocenters. The van der Waals surface area contributed by atoms with Gasteiger partial charge in [-0.25, -0.2) is 0 Å². The summed E-state index contributed by atoms with van der Waals surface area (Å²) in [5, 5.41) is 4.00. The van der Waals surface area contributed by atoms with Crippen LogP contribution in [0.5, 0.6) is 0 Å². The van der Waals surface area contributed by atoms with Gasteiger partial charge in [0.1, 0.15) is 0 Å². The van der Waals surface area contributed by atoms with Crippen LogP contribution in [0.3, 0.4) is 0 Å². The van der Waals surface area contributed by atoms with Gasteiger partial charge in [0.15, 0.2) is 0 Å². The van der Waals surface area contributed by atoms with Crippen LogP contribution in [0.25, 0.3) is 0 Å². The maximum atomic E-state index is 5.94. The zero-order valence-electron chi connectivity index (χ0n) is 12.2.